The number of nitro benzene ring substituents is 1. The molecule has 1 amide bonds. The zero-order valence-corrected chi connectivity index (χ0v) is 16.4. The summed E-state index contributed by atoms with van der Waals surface area (Å²) >= 11 is 0. The molecule has 7 heteroatoms. The number of hydrogen-bond acceptors (Lipinski definition) is 4. The van der Waals surface area contributed by atoms with Gasteiger partial charge in [-0.1, -0.05) is 50.2 Å². The normalized spacial score (nSPS) is 11.6. The topological polar surface area (TPSA) is 98.3 Å². The van der Waals surface area contributed by atoms with Gasteiger partial charge >= 0.3 is 0 Å². The SMILES string of the molecule is CC(C)c1ccc(C(N)CNC(=O)CCc2cccc([N+](=O)[O-])c2)cc1.Cl. The molecular formula is C20H26ClN3O3. The predicted molar refractivity (Wildman–Crippen MR) is 109 cm³/mol. The average molecular weight is 392 g/mol. The Morgan fingerprint density at radius 2 is 1.78 bits per heavy atom. The highest BCUT2D eigenvalue weighted by Crippen LogP contribution is 2.17. The van der Waals surface area contributed by atoms with Gasteiger partial charge in [-0.25, -0.2) is 0 Å². The molecule has 0 aromatic heterocycles. The number of aryl methyl sites for hydroxylation is 1. The van der Waals surface area contributed by atoms with E-state index in [1.807, 2.05) is 12.1 Å². The molecule has 146 valence electrons. The molecule has 0 heterocycles. The Hall–Kier alpha value is -2.44. The first kappa shape index (κ1) is 22.6. The number of nitro groups is 1. The van der Waals surface area contributed by atoms with Gasteiger partial charge in [0.25, 0.3) is 5.69 Å². The fraction of sp³-hybridized carbons (Fsp3) is 0.350. The summed E-state index contributed by atoms with van der Waals surface area (Å²) in [5.74, 6) is 0.347. The van der Waals surface area contributed by atoms with Crippen LogP contribution in [-0.4, -0.2) is 17.4 Å². The number of benzene rings is 2. The monoisotopic (exact) mass is 391 g/mol. The summed E-state index contributed by atoms with van der Waals surface area (Å²) in [6.07, 6.45) is 0.714. The van der Waals surface area contributed by atoms with E-state index >= 15 is 0 Å². The number of nitrogens with two attached hydrogens (primary N) is 1. The molecule has 0 aliphatic carbocycles. The maximum Gasteiger partial charge on any atom is 0.269 e. The lowest BCUT2D eigenvalue weighted by Crippen LogP contribution is -2.32. The van der Waals surface area contributed by atoms with Crippen LogP contribution in [-0.2, 0) is 11.2 Å². The molecule has 3 N–H and O–H groups in total. The van der Waals surface area contributed by atoms with Crippen LogP contribution in [0.3, 0.4) is 0 Å². The lowest BCUT2D eigenvalue weighted by atomic mass is 9.99. The molecule has 0 fully saturated rings. The molecule has 0 spiro atoms. The fourth-order valence-electron chi connectivity index (χ4n) is 2.64. The zero-order valence-electron chi connectivity index (χ0n) is 15.6. The van der Waals surface area contributed by atoms with E-state index < -0.39 is 4.92 Å². The third-order valence-corrected chi connectivity index (χ3v) is 4.31. The molecule has 2 aromatic rings. The minimum absolute atomic E-state index is 0. The molecule has 0 saturated heterocycles. The number of carbonyl (C=O) groups is 1. The summed E-state index contributed by atoms with van der Waals surface area (Å²) in [5, 5.41) is 13.6. The van der Waals surface area contributed by atoms with Gasteiger partial charge in [0, 0.05) is 31.1 Å². The van der Waals surface area contributed by atoms with Gasteiger partial charge in [0.1, 0.15) is 0 Å². The van der Waals surface area contributed by atoms with Crippen LogP contribution in [0.25, 0.3) is 0 Å². The quantitative estimate of drug-likeness (QED) is 0.526. The van der Waals surface area contributed by atoms with Crippen molar-refractivity contribution in [1.29, 1.82) is 0 Å². The number of hydrogen-bond donors (Lipinski definition) is 2. The van der Waals surface area contributed by atoms with Crippen molar-refractivity contribution in [1.82, 2.24) is 5.32 Å². The summed E-state index contributed by atoms with van der Waals surface area (Å²) in [4.78, 5) is 22.4. The number of halogens is 1. The second-order valence-electron chi connectivity index (χ2n) is 6.66. The Labute approximate surface area is 165 Å². The Bertz CT molecular complexity index is 763. The highest BCUT2D eigenvalue weighted by atomic mass is 35.5. The second kappa shape index (κ2) is 10.6. The van der Waals surface area contributed by atoms with Crippen molar-refractivity contribution in [3.63, 3.8) is 0 Å². The van der Waals surface area contributed by atoms with Gasteiger partial charge in [0.2, 0.25) is 5.91 Å². The zero-order chi connectivity index (χ0) is 19.1. The first-order valence-corrected chi connectivity index (χ1v) is 8.72. The van der Waals surface area contributed by atoms with E-state index in [1.54, 1.807) is 12.1 Å². The molecule has 2 aromatic carbocycles. The standard InChI is InChI=1S/C20H25N3O3.ClH/c1-14(2)16-7-9-17(10-8-16)19(21)13-22-20(24)11-6-15-4-3-5-18(12-15)23(25)26;/h3-5,7-10,12,14,19H,6,11,13,21H2,1-2H3,(H,22,24);1H. The largest absolute Gasteiger partial charge is 0.354 e. The number of nitrogens with one attached hydrogen (secondary N) is 1. The summed E-state index contributed by atoms with van der Waals surface area (Å²) in [6, 6.07) is 14.2. The van der Waals surface area contributed by atoms with Crippen LogP contribution in [0.5, 0.6) is 0 Å². The first-order chi connectivity index (χ1) is 12.4. The first-order valence-electron chi connectivity index (χ1n) is 8.72. The molecule has 1 unspecified atom stereocenters. The minimum atomic E-state index is -0.437. The third-order valence-electron chi connectivity index (χ3n) is 4.31. The van der Waals surface area contributed by atoms with Gasteiger partial charge < -0.3 is 11.1 Å². The van der Waals surface area contributed by atoms with Gasteiger partial charge in [-0.3, -0.25) is 14.9 Å². The van der Waals surface area contributed by atoms with Crippen molar-refractivity contribution in [3.05, 3.63) is 75.3 Å². The number of non-ortho nitro benzene ring substituents is 1. The number of nitrogens with zero attached hydrogens (tertiary/aromatic N) is 1. The van der Waals surface area contributed by atoms with Crippen molar-refractivity contribution < 1.29 is 9.72 Å². The molecule has 0 aliphatic rings. The van der Waals surface area contributed by atoms with E-state index in [4.69, 9.17) is 5.73 Å². The lowest BCUT2D eigenvalue weighted by Gasteiger charge is -2.14. The molecule has 27 heavy (non-hydrogen) atoms. The Kier molecular flexibility index (Phi) is 8.91. The smallest absolute Gasteiger partial charge is 0.269 e. The fourth-order valence-corrected chi connectivity index (χ4v) is 2.64. The van der Waals surface area contributed by atoms with E-state index in [9.17, 15) is 14.9 Å². The van der Waals surface area contributed by atoms with Crippen molar-refractivity contribution in [3.8, 4) is 0 Å². The molecule has 0 aliphatic heterocycles. The number of carbonyl (C=O) groups excluding carboxylic acids is 1. The van der Waals surface area contributed by atoms with Crippen LogP contribution in [0.15, 0.2) is 48.5 Å². The molecule has 0 bridgehead atoms. The highest BCUT2D eigenvalue weighted by molar-refractivity contribution is 5.85. The molecular weight excluding hydrogens is 366 g/mol. The highest BCUT2D eigenvalue weighted by Gasteiger charge is 2.10. The van der Waals surface area contributed by atoms with E-state index in [2.05, 4.69) is 31.3 Å². The molecule has 0 saturated carbocycles. The summed E-state index contributed by atoms with van der Waals surface area (Å²) in [5.41, 5.74) is 9.18. The van der Waals surface area contributed by atoms with E-state index in [0.29, 0.717) is 18.9 Å². The third kappa shape index (κ3) is 7.00. The van der Waals surface area contributed by atoms with Crippen LogP contribution in [0.1, 0.15) is 48.9 Å². The van der Waals surface area contributed by atoms with Gasteiger partial charge in [0.05, 0.1) is 4.92 Å². The molecule has 1 atom stereocenters. The summed E-state index contributed by atoms with van der Waals surface area (Å²) < 4.78 is 0. The van der Waals surface area contributed by atoms with E-state index in [-0.39, 0.29) is 36.5 Å². The van der Waals surface area contributed by atoms with Crippen molar-refractivity contribution in [2.75, 3.05) is 6.54 Å². The maximum absolute atomic E-state index is 12.0. The van der Waals surface area contributed by atoms with E-state index in [1.165, 1.54) is 17.7 Å². The van der Waals surface area contributed by atoms with Crippen LogP contribution in [0.4, 0.5) is 5.69 Å². The van der Waals surface area contributed by atoms with Gasteiger partial charge in [-0.05, 0) is 29.0 Å². The Morgan fingerprint density at radius 1 is 1.15 bits per heavy atom. The lowest BCUT2D eigenvalue weighted by molar-refractivity contribution is -0.384. The number of rotatable bonds is 8. The van der Waals surface area contributed by atoms with Gasteiger partial charge in [-0.2, -0.15) is 0 Å². The van der Waals surface area contributed by atoms with Crippen LogP contribution in [0.2, 0.25) is 0 Å². The predicted octanol–water partition coefficient (Wildman–Crippen LogP) is 3.89. The van der Waals surface area contributed by atoms with Crippen molar-refractivity contribution in [2.45, 2.75) is 38.6 Å². The number of amides is 1. The van der Waals surface area contributed by atoms with Crippen LogP contribution in [0, 0.1) is 10.1 Å². The Morgan fingerprint density at radius 3 is 2.37 bits per heavy atom. The molecule has 6 nitrogen and oxygen atoms in total. The van der Waals surface area contributed by atoms with Crippen LogP contribution < -0.4 is 11.1 Å². The average Bonchev–Trinajstić information content (AvgIpc) is 2.64. The minimum Gasteiger partial charge on any atom is -0.354 e. The van der Waals surface area contributed by atoms with Crippen molar-refractivity contribution >= 4 is 24.0 Å². The summed E-state index contributed by atoms with van der Waals surface area (Å²) in [6.45, 7) is 4.63. The van der Waals surface area contributed by atoms with Crippen LogP contribution >= 0.6 is 12.4 Å². The van der Waals surface area contributed by atoms with Gasteiger partial charge in [0.15, 0.2) is 0 Å². The van der Waals surface area contributed by atoms with Crippen molar-refractivity contribution in [2.24, 2.45) is 5.73 Å². The van der Waals surface area contributed by atoms with E-state index in [0.717, 1.165) is 11.1 Å². The summed E-state index contributed by atoms with van der Waals surface area (Å²) in [7, 11) is 0. The molecule has 2 rings (SSSR count). The van der Waals surface area contributed by atoms with Gasteiger partial charge in [-0.15, -0.1) is 12.4 Å². The Balaban J connectivity index is 0.00000364. The maximum atomic E-state index is 12.0. The second-order valence-corrected chi connectivity index (χ2v) is 6.66. The molecule has 0 radical (unpaired) electrons.